The highest BCUT2D eigenvalue weighted by Crippen LogP contribution is 2.39. The van der Waals surface area contributed by atoms with Gasteiger partial charge in [0.25, 0.3) is 0 Å². The van der Waals surface area contributed by atoms with Gasteiger partial charge in [-0.25, -0.2) is 0 Å². The van der Waals surface area contributed by atoms with Crippen molar-refractivity contribution in [2.24, 2.45) is 0 Å². The lowest BCUT2D eigenvalue weighted by molar-refractivity contribution is -0.111. The molecule has 3 aromatic carbocycles. The largest absolute Gasteiger partial charge is 0.504 e. The molecule has 9 nitrogen and oxygen atoms in total. The number of ether oxygens (including phenoxy) is 6. The molecule has 200 valence electrons. The Kier molecular flexibility index (Phi) is 9.48. The first kappa shape index (κ1) is 27.8. The number of aromatic hydroxyl groups is 1. The number of phenolic OH excluding ortho intramolecular Hbond substituents is 1. The van der Waals surface area contributed by atoms with Crippen LogP contribution >= 0.6 is 0 Å². The molecule has 0 unspecified atom stereocenters. The fraction of sp³-hybridized carbons (Fsp3) is 0.207. The van der Waals surface area contributed by atoms with E-state index in [9.17, 15) is 9.90 Å². The molecular weight excluding hydrogens is 490 g/mol. The zero-order valence-electron chi connectivity index (χ0n) is 22.2. The maximum Gasteiger partial charge on any atom is 0.248 e. The molecule has 0 aromatic heterocycles. The van der Waals surface area contributed by atoms with Crippen LogP contribution in [-0.4, -0.2) is 53.7 Å². The Morgan fingerprint density at radius 1 is 0.632 bits per heavy atom. The van der Waals surface area contributed by atoms with Gasteiger partial charge >= 0.3 is 0 Å². The van der Waals surface area contributed by atoms with Gasteiger partial charge in [0.05, 0.1) is 48.3 Å². The summed E-state index contributed by atoms with van der Waals surface area (Å²) >= 11 is 0. The second kappa shape index (κ2) is 13.0. The van der Waals surface area contributed by atoms with Crippen LogP contribution in [0.25, 0.3) is 18.2 Å². The van der Waals surface area contributed by atoms with E-state index in [2.05, 4.69) is 5.32 Å². The molecule has 0 saturated carbocycles. The van der Waals surface area contributed by atoms with Gasteiger partial charge in [-0.2, -0.15) is 0 Å². The summed E-state index contributed by atoms with van der Waals surface area (Å²) in [6.07, 6.45) is 6.59. The number of phenols is 1. The quantitative estimate of drug-likeness (QED) is 0.260. The van der Waals surface area contributed by atoms with Crippen molar-refractivity contribution in [2.75, 3.05) is 48.0 Å². The molecule has 0 aliphatic rings. The molecule has 0 atom stereocenters. The average Bonchev–Trinajstić information content (AvgIpc) is 2.93. The summed E-state index contributed by atoms with van der Waals surface area (Å²) in [7, 11) is 9.13. The van der Waals surface area contributed by atoms with Crippen molar-refractivity contribution in [3.8, 4) is 40.2 Å². The van der Waals surface area contributed by atoms with Crippen LogP contribution in [0.3, 0.4) is 0 Å². The third-order valence-corrected chi connectivity index (χ3v) is 5.54. The van der Waals surface area contributed by atoms with Crippen molar-refractivity contribution >= 4 is 29.8 Å². The van der Waals surface area contributed by atoms with Crippen molar-refractivity contribution in [1.29, 1.82) is 0 Å². The molecule has 2 N–H and O–H groups in total. The number of methoxy groups -OCH3 is 6. The molecule has 9 heteroatoms. The van der Waals surface area contributed by atoms with Crippen LogP contribution in [0.15, 0.2) is 48.5 Å². The van der Waals surface area contributed by atoms with Crippen LogP contribution < -0.4 is 33.7 Å². The molecule has 1 amide bonds. The van der Waals surface area contributed by atoms with Gasteiger partial charge in [-0.3, -0.25) is 4.79 Å². The van der Waals surface area contributed by atoms with Gasteiger partial charge in [0.15, 0.2) is 34.5 Å². The standard InChI is InChI=1S/C29H31NO8/c1-33-23-11-9-18(15-24(23)34-2)10-12-27(32)30-21-13-19(14-22(31)28(21)37-5)7-8-20-16-25(35-3)29(38-6)26(17-20)36-4/h7-17,31H,1-6H3,(H,30,32)/b8-7+,12-10+. The number of hydrogen-bond acceptors (Lipinski definition) is 8. The van der Waals surface area contributed by atoms with E-state index in [-0.39, 0.29) is 11.5 Å². The van der Waals surface area contributed by atoms with E-state index in [0.717, 1.165) is 11.1 Å². The van der Waals surface area contributed by atoms with Crippen molar-refractivity contribution in [3.05, 3.63) is 65.2 Å². The normalized spacial score (nSPS) is 10.9. The minimum atomic E-state index is -0.414. The first-order valence-corrected chi connectivity index (χ1v) is 11.5. The van der Waals surface area contributed by atoms with E-state index in [0.29, 0.717) is 40.0 Å². The number of benzene rings is 3. The summed E-state index contributed by atoms with van der Waals surface area (Å²) in [4.78, 5) is 12.7. The fourth-order valence-electron chi connectivity index (χ4n) is 3.73. The Morgan fingerprint density at radius 3 is 1.74 bits per heavy atom. The van der Waals surface area contributed by atoms with E-state index in [1.54, 1.807) is 77.0 Å². The summed E-state index contributed by atoms with van der Waals surface area (Å²) in [5.74, 6) is 2.25. The van der Waals surface area contributed by atoms with Gasteiger partial charge < -0.3 is 38.8 Å². The van der Waals surface area contributed by atoms with Gasteiger partial charge in [-0.05, 0) is 59.2 Å². The summed E-state index contributed by atoms with van der Waals surface area (Å²) < 4.78 is 32.0. The first-order valence-electron chi connectivity index (χ1n) is 11.5. The highest BCUT2D eigenvalue weighted by atomic mass is 16.5. The minimum absolute atomic E-state index is 0.126. The van der Waals surface area contributed by atoms with E-state index >= 15 is 0 Å². The van der Waals surface area contributed by atoms with Crippen LogP contribution in [0.2, 0.25) is 0 Å². The maximum atomic E-state index is 12.7. The van der Waals surface area contributed by atoms with Crippen molar-refractivity contribution in [1.82, 2.24) is 0 Å². The number of carbonyl (C=O) groups excluding carboxylic acids is 1. The Labute approximate surface area is 221 Å². The molecule has 0 bridgehead atoms. The third-order valence-electron chi connectivity index (χ3n) is 5.54. The van der Waals surface area contributed by atoms with E-state index in [1.807, 2.05) is 6.08 Å². The Bertz CT molecular complexity index is 1320. The SMILES string of the molecule is COc1ccc(/C=C/C(=O)Nc2cc(/C=C/c3cc(OC)c(OC)c(OC)c3)cc(O)c2OC)cc1OC. The van der Waals surface area contributed by atoms with Gasteiger partial charge in [0.1, 0.15) is 0 Å². The number of nitrogens with one attached hydrogen (secondary N) is 1. The van der Waals surface area contributed by atoms with Gasteiger partial charge in [0, 0.05) is 6.08 Å². The van der Waals surface area contributed by atoms with Gasteiger partial charge in [-0.1, -0.05) is 18.2 Å². The molecular formula is C29H31NO8. The lowest BCUT2D eigenvalue weighted by atomic mass is 10.1. The van der Waals surface area contributed by atoms with E-state index in [4.69, 9.17) is 28.4 Å². The molecule has 0 fully saturated rings. The number of amides is 1. The molecule has 3 aromatic rings. The number of anilines is 1. The smallest absolute Gasteiger partial charge is 0.248 e. The van der Waals surface area contributed by atoms with Crippen LogP contribution in [0.5, 0.6) is 40.2 Å². The Hall–Kier alpha value is -4.79. The van der Waals surface area contributed by atoms with Crippen molar-refractivity contribution < 1.29 is 38.3 Å². The van der Waals surface area contributed by atoms with Crippen LogP contribution in [0.1, 0.15) is 16.7 Å². The molecule has 0 radical (unpaired) electrons. The average molecular weight is 522 g/mol. The number of rotatable bonds is 11. The molecule has 0 spiro atoms. The zero-order valence-corrected chi connectivity index (χ0v) is 22.2. The zero-order chi connectivity index (χ0) is 27.7. The number of carbonyl (C=O) groups is 1. The molecule has 0 saturated heterocycles. The first-order chi connectivity index (χ1) is 18.4. The monoisotopic (exact) mass is 521 g/mol. The maximum absolute atomic E-state index is 12.7. The van der Waals surface area contributed by atoms with Gasteiger partial charge in [0.2, 0.25) is 11.7 Å². The number of hydrogen-bond donors (Lipinski definition) is 2. The van der Waals surface area contributed by atoms with Crippen LogP contribution in [0, 0.1) is 0 Å². The minimum Gasteiger partial charge on any atom is -0.504 e. The Morgan fingerprint density at radius 2 is 1.18 bits per heavy atom. The highest BCUT2D eigenvalue weighted by Gasteiger charge is 2.14. The van der Waals surface area contributed by atoms with E-state index in [1.165, 1.54) is 26.4 Å². The molecule has 0 heterocycles. The van der Waals surface area contributed by atoms with Crippen molar-refractivity contribution in [2.45, 2.75) is 0 Å². The predicted octanol–water partition coefficient (Wildman–Crippen LogP) is 5.27. The second-order valence-electron chi connectivity index (χ2n) is 7.85. The lowest BCUT2D eigenvalue weighted by Gasteiger charge is -2.13. The fourth-order valence-corrected chi connectivity index (χ4v) is 3.73. The molecule has 0 aliphatic heterocycles. The second-order valence-corrected chi connectivity index (χ2v) is 7.85. The summed E-state index contributed by atoms with van der Waals surface area (Å²) in [5.41, 5.74) is 2.45. The summed E-state index contributed by atoms with van der Waals surface area (Å²) in [5, 5.41) is 13.3. The lowest BCUT2D eigenvalue weighted by Crippen LogP contribution is -2.09. The molecule has 38 heavy (non-hydrogen) atoms. The van der Waals surface area contributed by atoms with Crippen molar-refractivity contribution in [3.63, 3.8) is 0 Å². The third kappa shape index (κ3) is 6.50. The topological polar surface area (TPSA) is 105 Å². The Balaban J connectivity index is 1.85. The van der Waals surface area contributed by atoms with Crippen LogP contribution in [0.4, 0.5) is 5.69 Å². The molecule has 3 rings (SSSR count). The van der Waals surface area contributed by atoms with E-state index < -0.39 is 5.91 Å². The van der Waals surface area contributed by atoms with Crippen LogP contribution in [-0.2, 0) is 4.79 Å². The summed E-state index contributed by atoms with van der Waals surface area (Å²) in [6.45, 7) is 0. The van der Waals surface area contributed by atoms with Gasteiger partial charge in [-0.15, -0.1) is 0 Å². The molecule has 0 aliphatic carbocycles. The predicted molar refractivity (Wildman–Crippen MR) is 147 cm³/mol. The highest BCUT2D eigenvalue weighted by molar-refractivity contribution is 6.03. The summed E-state index contributed by atoms with van der Waals surface area (Å²) in [6, 6.07) is 12.1.